The predicted octanol–water partition coefficient (Wildman–Crippen LogP) is 1.01. The van der Waals surface area contributed by atoms with Gasteiger partial charge in [0.25, 0.3) is 5.91 Å². The van der Waals surface area contributed by atoms with Crippen LogP contribution < -0.4 is 11.1 Å². The first-order valence-electron chi connectivity index (χ1n) is 6.49. The standard InChI is InChI=1S/C14H19N3O2/c1-10(18)16-11-5-4-8-17(9-11)14(19)12-6-2-3-7-13(12)15/h2-3,6-7,11H,4-5,8-9,15H2,1H3,(H,16,18). The number of benzene rings is 1. The molecule has 5 heteroatoms. The molecule has 0 bridgehead atoms. The Hall–Kier alpha value is -2.04. The van der Waals surface area contributed by atoms with Gasteiger partial charge in [-0.1, -0.05) is 12.1 Å². The molecule has 1 aliphatic rings. The second-order valence-corrected chi connectivity index (χ2v) is 4.88. The molecule has 1 saturated heterocycles. The number of rotatable bonds is 2. The average Bonchev–Trinajstić information content (AvgIpc) is 2.38. The molecule has 2 rings (SSSR count). The first-order valence-corrected chi connectivity index (χ1v) is 6.49. The minimum Gasteiger partial charge on any atom is -0.398 e. The fourth-order valence-electron chi connectivity index (χ4n) is 2.43. The molecule has 3 N–H and O–H groups in total. The Kier molecular flexibility index (Phi) is 4.04. The first-order chi connectivity index (χ1) is 9.08. The normalized spacial score (nSPS) is 19.0. The number of carbonyl (C=O) groups is 2. The summed E-state index contributed by atoms with van der Waals surface area (Å²) in [6.45, 7) is 2.76. The third kappa shape index (κ3) is 3.24. The molecular weight excluding hydrogens is 242 g/mol. The summed E-state index contributed by atoms with van der Waals surface area (Å²) in [5.74, 6) is -0.119. The molecule has 1 heterocycles. The fraction of sp³-hybridized carbons (Fsp3) is 0.429. The number of nitrogens with zero attached hydrogens (tertiary/aromatic N) is 1. The Morgan fingerprint density at radius 1 is 1.37 bits per heavy atom. The van der Waals surface area contributed by atoms with Crippen LogP contribution >= 0.6 is 0 Å². The van der Waals surface area contributed by atoms with Gasteiger partial charge < -0.3 is 16.0 Å². The number of piperidine rings is 1. The third-order valence-corrected chi connectivity index (χ3v) is 3.31. The summed E-state index contributed by atoms with van der Waals surface area (Å²) in [6.07, 6.45) is 1.80. The maximum absolute atomic E-state index is 12.4. The van der Waals surface area contributed by atoms with E-state index in [1.165, 1.54) is 6.92 Å². The number of nitrogens with one attached hydrogen (secondary N) is 1. The summed E-state index contributed by atoms with van der Waals surface area (Å²) < 4.78 is 0. The summed E-state index contributed by atoms with van der Waals surface area (Å²) in [7, 11) is 0. The number of carbonyl (C=O) groups excluding carboxylic acids is 2. The lowest BCUT2D eigenvalue weighted by Crippen LogP contribution is -2.49. The van der Waals surface area contributed by atoms with Crippen molar-refractivity contribution in [1.29, 1.82) is 0 Å². The van der Waals surface area contributed by atoms with Gasteiger partial charge in [-0.15, -0.1) is 0 Å². The van der Waals surface area contributed by atoms with E-state index >= 15 is 0 Å². The number of para-hydroxylation sites is 1. The van der Waals surface area contributed by atoms with Crippen LogP contribution in [0.4, 0.5) is 5.69 Å². The SMILES string of the molecule is CC(=O)NC1CCCN(C(=O)c2ccccc2N)C1. The number of amides is 2. The Balaban J connectivity index is 2.07. The van der Waals surface area contributed by atoms with E-state index in [4.69, 9.17) is 5.73 Å². The molecule has 1 atom stereocenters. The third-order valence-electron chi connectivity index (χ3n) is 3.31. The van der Waals surface area contributed by atoms with E-state index in [9.17, 15) is 9.59 Å². The molecule has 0 aliphatic carbocycles. The van der Waals surface area contributed by atoms with Crippen molar-refractivity contribution in [2.24, 2.45) is 0 Å². The highest BCUT2D eigenvalue weighted by molar-refractivity contribution is 5.99. The molecule has 1 aromatic rings. The highest BCUT2D eigenvalue weighted by atomic mass is 16.2. The molecule has 0 saturated carbocycles. The van der Waals surface area contributed by atoms with Gasteiger partial charge in [-0.25, -0.2) is 0 Å². The molecule has 0 spiro atoms. The largest absolute Gasteiger partial charge is 0.398 e. The van der Waals surface area contributed by atoms with Crippen LogP contribution in [-0.4, -0.2) is 35.8 Å². The number of likely N-dealkylation sites (tertiary alicyclic amines) is 1. The lowest BCUT2D eigenvalue weighted by molar-refractivity contribution is -0.120. The maximum Gasteiger partial charge on any atom is 0.256 e. The average molecular weight is 261 g/mol. The minimum atomic E-state index is -0.0619. The van der Waals surface area contributed by atoms with Crippen molar-refractivity contribution in [2.45, 2.75) is 25.8 Å². The van der Waals surface area contributed by atoms with Gasteiger partial charge in [-0.05, 0) is 25.0 Å². The van der Waals surface area contributed by atoms with E-state index in [0.717, 1.165) is 12.8 Å². The Morgan fingerprint density at radius 3 is 2.79 bits per heavy atom. The van der Waals surface area contributed by atoms with E-state index < -0.39 is 0 Å². The van der Waals surface area contributed by atoms with E-state index in [0.29, 0.717) is 24.3 Å². The summed E-state index contributed by atoms with van der Waals surface area (Å²) in [4.78, 5) is 25.2. The summed E-state index contributed by atoms with van der Waals surface area (Å²) in [6, 6.07) is 7.11. The highest BCUT2D eigenvalue weighted by Crippen LogP contribution is 2.17. The second-order valence-electron chi connectivity index (χ2n) is 4.88. The van der Waals surface area contributed by atoms with Gasteiger partial charge in [0.05, 0.1) is 5.56 Å². The Bertz CT molecular complexity index is 487. The Labute approximate surface area is 112 Å². The highest BCUT2D eigenvalue weighted by Gasteiger charge is 2.25. The zero-order chi connectivity index (χ0) is 13.8. The summed E-state index contributed by atoms with van der Waals surface area (Å²) in [5.41, 5.74) is 6.85. The van der Waals surface area contributed by atoms with Gasteiger partial charge in [0.1, 0.15) is 0 Å². The van der Waals surface area contributed by atoms with Crippen LogP contribution in [-0.2, 0) is 4.79 Å². The Morgan fingerprint density at radius 2 is 2.11 bits per heavy atom. The smallest absolute Gasteiger partial charge is 0.256 e. The number of nitrogen functional groups attached to an aromatic ring is 1. The summed E-state index contributed by atoms with van der Waals surface area (Å²) in [5, 5.41) is 2.87. The predicted molar refractivity (Wildman–Crippen MR) is 73.6 cm³/mol. The van der Waals surface area contributed by atoms with Crippen LogP contribution in [0.3, 0.4) is 0 Å². The molecule has 1 fully saturated rings. The van der Waals surface area contributed by atoms with Crippen molar-refractivity contribution in [3.05, 3.63) is 29.8 Å². The van der Waals surface area contributed by atoms with E-state index in [-0.39, 0.29) is 17.9 Å². The topological polar surface area (TPSA) is 75.4 Å². The van der Waals surface area contributed by atoms with Crippen molar-refractivity contribution >= 4 is 17.5 Å². The number of nitrogens with two attached hydrogens (primary N) is 1. The van der Waals surface area contributed by atoms with Crippen LogP contribution in [0.1, 0.15) is 30.1 Å². The van der Waals surface area contributed by atoms with Crippen LogP contribution in [0.5, 0.6) is 0 Å². The second kappa shape index (κ2) is 5.73. The molecular formula is C14H19N3O2. The van der Waals surface area contributed by atoms with Gasteiger partial charge in [-0.3, -0.25) is 9.59 Å². The van der Waals surface area contributed by atoms with Crippen molar-refractivity contribution < 1.29 is 9.59 Å². The first kappa shape index (κ1) is 13.4. The van der Waals surface area contributed by atoms with E-state index in [2.05, 4.69) is 5.32 Å². The molecule has 1 aliphatic heterocycles. The monoisotopic (exact) mass is 261 g/mol. The van der Waals surface area contributed by atoms with Gasteiger partial charge >= 0.3 is 0 Å². The molecule has 0 radical (unpaired) electrons. The number of anilines is 1. The lowest BCUT2D eigenvalue weighted by atomic mass is 10.0. The minimum absolute atomic E-state index is 0.0418. The van der Waals surface area contributed by atoms with Crippen molar-refractivity contribution in [3.63, 3.8) is 0 Å². The van der Waals surface area contributed by atoms with Crippen LogP contribution in [0.15, 0.2) is 24.3 Å². The van der Waals surface area contributed by atoms with E-state index in [1.807, 2.05) is 6.07 Å². The molecule has 1 aromatic carbocycles. The van der Waals surface area contributed by atoms with Crippen LogP contribution in [0.25, 0.3) is 0 Å². The quantitative estimate of drug-likeness (QED) is 0.780. The molecule has 5 nitrogen and oxygen atoms in total. The zero-order valence-corrected chi connectivity index (χ0v) is 11.1. The van der Waals surface area contributed by atoms with Gasteiger partial charge in [-0.2, -0.15) is 0 Å². The number of hydrogen-bond acceptors (Lipinski definition) is 3. The summed E-state index contributed by atoms with van der Waals surface area (Å²) >= 11 is 0. The molecule has 1 unspecified atom stereocenters. The lowest BCUT2D eigenvalue weighted by Gasteiger charge is -2.33. The van der Waals surface area contributed by atoms with Gasteiger partial charge in [0.15, 0.2) is 0 Å². The molecule has 102 valence electrons. The van der Waals surface area contributed by atoms with Crippen LogP contribution in [0.2, 0.25) is 0 Å². The fourth-order valence-corrected chi connectivity index (χ4v) is 2.43. The van der Waals surface area contributed by atoms with Gasteiger partial charge in [0.2, 0.25) is 5.91 Å². The van der Waals surface area contributed by atoms with Crippen LogP contribution in [0, 0.1) is 0 Å². The van der Waals surface area contributed by atoms with Crippen molar-refractivity contribution in [3.8, 4) is 0 Å². The van der Waals surface area contributed by atoms with E-state index in [1.54, 1.807) is 23.1 Å². The zero-order valence-electron chi connectivity index (χ0n) is 11.1. The number of hydrogen-bond donors (Lipinski definition) is 2. The van der Waals surface area contributed by atoms with Gasteiger partial charge in [0, 0.05) is 31.7 Å². The molecule has 19 heavy (non-hydrogen) atoms. The van der Waals surface area contributed by atoms with Crippen molar-refractivity contribution in [2.75, 3.05) is 18.8 Å². The maximum atomic E-state index is 12.4. The molecule has 0 aromatic heterocycles. The molecule has 2 amide bonds. The van der Waals surface area contributed by atoms with Crippen molar-refractivity contribution in [1.82, 2.24) is 10.2 Å².